The molecule has 0 unspecified atom stereocenters. The zero-order chi connectivity index (χ0) is 12.2. The second-order valence-electron chi connectivity index (χ2n) is 2.60. The van der Waals surface area contributed by atoms with Crippen LogP contribution in [-0.4, -0.2) is 29.6 Å². The summed E-state index contributed by atoms with van der Waals surface area (Å²) in [4.78, 5) is 14.6. The average Bonchev–Trinajstić information content (AvgIpc) is 2.18. The molecule has 0 spiro atoms. The second kappa shape index (κ2) is 7.29. The van der Waals surface area contributed by atoms with Gasteiger partial charge in [-0.2, -0.15) is 8.42 Å². The molecule has 0 atom stereocenters. The van der Waals surface area contributed by atoms with Crippen molar-refractivity contribution < 1.29 is 53.1 Å². The molecule has 0 fully saturated rings. The van der Waals surface area contributed by atoms with Gasteiger partial charge in [0.15, 0.2) is 0 Å². The van der Waals surface area contributed by atoms with Gasteiger partial charge in [0, 0.05) is 10.8 Å². The van der Waals surface area contributed by atoms with Crippen LogP contribution in [0.5, 0.6) is 0 Å². The van der Waals surface area contributed by atoms with Gasteiger partial charge in [0.1, 0.15) is 11.6 Å². The van der Waals surface area contributed by atoms with E-state index in [0.717, 1.165) is 12.3 Å². The predicted octanol–water partition coefficient (Wildman–Crippen LogP) is -2.19. The van der Waals surface area contributed by atoms with E-state index < -0.39 is 26.6 Å². The van der Waals surface area contributed by atoms with Crippen molar-refractivity contribution in [1.82, 2.24) is 4.98 Å². The van der Waals surface area contributed by atoms with Crippen LogP contribution in [-0.2, 0) is 13.9 Å². The number of anilines is 1. The Balaban J connectivity index is 0. The van der Waals surface area contributed by atoms with Gasteiger partial charge in [0.05, 0.1) is 11.9 Å². The molecule has 0 bridgehead atoms. The minimum absolute atomic E-state index is 0. The summed E-state index contributed by atoms with van der Waals surface area (Å²) in [6.07, 6.45) is 0.908. The first-order valence-corrected chi connectivity index (χ1v) is 6.84. The fraction of sp³-hybridized carbons (Fsp3) is 0.143. The van der Waals surface area contributed by atoms with Crippen molar-refractivity contribution in [3.63, 3.8) is 0 Å². The first-order chi connectivity index (χ1) is 7.37. The molecule has 2 N–H and O–H groups in total. The zero-order valence-electron chi connectivity index (χ0n) is 9.75. The van der Waals surface area contributed by atoms with Crippen LogP contribution in [0.2, 0.25) is 0 Å². The Morgan fingerprint density at radius 1 is 1.59 bits per heavy atom. The summed E-state index contributed by atoms with van der Waals surface area (Å²) in [5.74, 6) is -1.59. The number of carbonyl (C=O) groups excluding carboxylic acids is 1. The van der Waals surface area contributed by atoms with Crippen LogP contribution in [0.3, 0.4) is 0 Å². The molecule has 10 heteroatoms. The molecule has 1 rings (SSSR count). The normalized spacial score (nSPS) is 10.5. The van der Waals surface area contributed by atoms with Crippen molar-refractivity contribution in [2.45, 2.75) is 0 Å². The van der Waals surface area contributed by atoms with Crippen molar-refractivity contribution in [3.8, 4) is 0 Å². The molecule has 0 aliphatic carbocycles. The topological polar surface area (TPSA) is 96.4 Å². The molecular weight excluding hydrogens is 282 g/mol. The molecule has 1 aromatic heterocycles. The van der Waals surface area contributed by atoms with E-state index >= 15 is 0 Å². The van der Waals surface area contributed by atoms with Gasteiger partial charge in [-0.05, 0) is 12.1 Å². The molecule has 0 saturated heterocycles. The van der Waals surface area contributed by atoms with Crippen LogP contribution < -0.4 is 34.9 Å². The fourth-order valence-electron chi connectivity index (χ4n) is 0.757. The third kappa shape index (κ3) is 7.68. The first-order valence-electron chi connectivity index (χ1n) is 3.90. The van der Waals surface area contributed by atoms with E-state index in [1.54, 1.807) is 0 Å². The fourth-order valence-corrected chi connectivity index (χ4v) is 1.85. The van der Waals surface area contributed by atoms with E-state index in [4.69, 9.17) is 4.55 Å². The number of aromatic nitrogens is 1. The number of hydrogen-bond donors (Lipinski definition) is 2. The second-order valence-corrected chi connectivity index (χ2v) is 5.95. The van der Waals surface area contributed by atoms with E-state index in [1.165, 1.54) is 6.07 Å². The molecule has 1 amide bonds. The Hall–Kier alpha value is -0.190. The molecule has 0 aliphatic rings. The van der Waals surface area contributed by atoms with E-state index in [9.17, 15) is 17.6 Å². The molecule has 1 aromatic rings. The quantitative estimate of drug-likeness (QED) is 0.371. The van der Waals surface area contributed by atoms with E-state index in [1.807, 2.05) is 0 Å². The number of nitrogens with one attached hydrogen (secondary N) is 1. The Kier molecular flexibility index (Phi) is 7.21. The monoisotopic (exact) mass is 290 g/mol. The summed E-state index contributed by atoms with van der Waals surface area (Å²) in [6.45, 7) is 0. The molecule has 0 aromatic carbocycles. The van der Waals surface area contributed by atoms with E-state index in [2.05, 4.69) is 10.3 Å². The summed E-state index contributed by atoms with van der Waals surface area (Å²) in [6, 6.07) is 2.32. The van der Waals surface area contributed by atoms with Crippen LogP contribution in [0.25, 0.3) is 0 Å². The van der Waals surface area contributed by atoms with Gasteiger partial charge in [0.2, 0.25) is 5.91 Å². The molecule has 17 heavy (non-hydrogen) atoms. The zero-order valence-corrected chi connectivity index (χ0v) is 12.4. The summed E-state index contributed by atoms with van der Waals surface area (Å²) in [5, 5.41) is 2.23. The number of hydrogen-bond acceptors (Lipinski definition) is 5. The van der Waals surface area contributed by atoms with Crippen LogP contribution >= 0.6 is 10.8 Å². The maximum atomic E-state index is 12.4. The summed E-state index contributed by atoms with van der Waals surface area (Å²) in [7, 11) is -4.16. The average molecular weight is 290 g/mol. The Bertz CT molecular complexity index is 485. The molecule has 0 saturated carbocycles. The first kappa shape index (κ1) is 16.8. The summed E-state index contributed by atoms with van der Waals surface area (Å²) in [5.41, 5.74) is 0. The smallest absolute Gasteiger partial charge is 1.00 e. The van der Waals surface area contributed by atoms with Gasteiger partial charge in [0.25, 0.3) is 0 Å². The SMILES string of the molecule is O=C(CSS(=O)(=O)O)Nc1ccc(F)cn1.[H-].[Na+]. The Morgan fingerprint density at radius 3 is 2.71 bits per heavy atom. The number of carbonyl (C=O) groups is 1. The van der Waals surface area contributed by atoms with Crippen LogP contribution in [0.4, 0.5) is 10.2 Å². The molecule has 90 valence electrons. The Morgan fingerprint density at radius 2 is 2.24 bits per heavy atom. The molecule has 0 radical (unpaired) electrons. The third-order valence-corrected chi connectivity index (χ3v) is 3.26. The van der Waals surface area contributed by atoms with Crippen LogP contribution in [0.1, 0.15) is 1.43 Å². The molecule has 6 nitrogen and oxygen atoms in total. The summed E-state index contributed by atoms with van der Waals surface area (Å²) < 4.78 is 41.4. The standard InChI is InChI=1S/C7H7FN2O4S2.Na.H/c8-5-1-2-6(9-3-5)10-7(11)4-15-16(12,13)14;;/h1-3H,4H2,(H,9,10,11)(H,12,13,14);;/q;+1;-1. The predicted molar refractivity (Wildman–Crippen MR) is 57.9 cm³/mol. The van der Waals surface area contributed by atoms with Crippen molar-refractivity contribution in [3.05, 3.63) is 24.1 Å². The minimum atomic E-state index is -4.24. The van der Waals surface area contributed by atoms with Gasteiger partial charge in [-0.1, -0.05) is 0 Å². The van der Waals surface area contributed by atoms with E-state index in [-0.39, 0.29) is 47.6 Å². The number of amides is 1. The number of halogens is 1. The molecule has 1 heterocycles. The van der Waals surface area contributed by atoms with Gasteiger partial charge >= 0.3 is 38.7 Å². The van der Waals surface area contributed by atoms with Crippen molar-refractivity contribution in [2.75, 3.05) is 11.1 Å². The third-order valence-electron chi connectivity index (χ3n) is 1.33. The van der Waals surface area contributed by atoms with Crippen LogP contribution in [0.15, 0.2) is 18.3 Å². The van der Waals surface area contributed by atoms with Gasteiger partial charge in [-0.3, -0.25) is 9.35 Å². The van der Waals surface area contributed by atoms with Gasteiger partial charge in [-0.25, -0.2) is 9.37 Å². The van der Waals surface area contributed by atoms with Crippen molar-refractivity contribution in [2.24, 2.45) is 0 Å². The van der Waals surface area contributed by atoms with E-state index in [0.29, 0.717) is 0 Å². The van der Waals surface area contributed by atoms with Crippen molar-refractivity contribution in [1.29, 1.82) is 0 Å². The number of pyridine rings is 1. The largest absolute Gasteiger partial charge is 1.00 e. The van der Waals surface area contributed by atoms with Gasteiger partial charge in [-0.15, -0.1) is 0 Å². The molecule has 0 aliphatic heterocycles. The van der Waals surface area contributed by atoms with Crippen molar-refractivity contribution >= 4 is 31.7 Å². The minimum Gasteiger partial charge on any atom is -1.00 e. The van der Waals surface area contributed by atoms with Crippen LogP contribution in [0, 0.1) is 5.82 Å². The summed E-state index contributed by atoms with van der Waals surface area (Å²) >= 11 is 0. The number of rotatable bonds is 4. The molecular formula is C7H8FN2NaO4S2. The maximum Gasteiger partial charge on any atom is 1.00 e. The Labute approximate surface area is 124 Å². The van der Waals surface area contributed by atoms with Gasteiger partial charge < -0.3 is 6.74 Å². The number of nitrogens with zero attached hydrogens (tertiary/aromatic N) is 1. The maximum absolute atomic E-state index is 12.4.